The first-order chi connectivity index (χ1) is 9.22. The highest BCUT2D eigenvalue weighted by Crippen LogP contribution is 2.26. The molecule has 7 nitrogen and oxygen atoms in total. The van der Waals surface area contributed by atoms with Crippen LogP contribution >= 0.6 is 12.2 Å². The highest BCUT2D eigenvalue weighted by molar-refractivity contribution is 7.71. The molecule has 0 fully saturated rings. The van der Waals surface area contributed by atoms with E-state index < -0.39 is 0 Å². The number of aromatic amines is 2. The molecule has 2 aromatic rings. The Balaban J connectivity index is 2.08. The van der Waals surface area contributed by atoms with E-state index in [4.69, 9.17) is 21.7 Å². The minimum atomic E-state index is 0.365. The quantitative estimate of drug-likeness (QED) is 0.442. The molecule has 0 unspecified atom stereocenters. The van der Waals surface area contributed by atoms with Gasteiger partial charge in [0.1, 0.15) is 0 Å². The second-order valence-corrected chi connectivity index (χ2v) is 3.89. The molecule has 0 aliphatic heterocycles. The van der Waals surface area contributed by atoms with Gasteiger partial charge in [-0.15, -0.1) is 0 Å². The van der Waals surface area contributed by atoms with Crippen LogP contribution in [-0.4, -0.2) is 35.6 Å². The molecule has 0 bridgehead atoms. The Morgan fingerprint density at radius 1 is 1.26 bits per heavy atom. The third-order valence-corrected chi connectivity index (χ3v) is 2.49. The predicted octanol–water partition coefficient (Wildman–Crippen LogP) is 1.93. The fourth-order valence-electron chi connectivity index (χ4n) is 1.42. The fraction of sp³-hybridized carbons (Fsp3) is 0.182. The predicted molar refractivity (Wildman–Crippen MR) is 74.5 cm³/mol. The molecule has 8 heteroatoms. The molecule has 3 N–H and O–H groups in total. The smallest absolute Gasteiger partial charge is 0.238 e. The zero-order valence-corrected chi connectivity index (χ0v) is 11.2. The lowest BCUT2D eigenvalue weighted by Gasteiger charge is -2.07. The highest BCUT2D eigenvalue weighted by Gasteiger charge is 2.02. The first-order valence-electron chi connectivity index (χ1n) is 5.38. The molecule has 0 aliphatic carbocycles. The van der Waals surface area contributed by atoms with E-state index in [2.05, 4.69) is 25.7 Å². The highest BCUT2D eigenvalue weighted by atomic mass is 32.1. The minimum absolute atomic E-state index is 0.365. The Hall–Kier alpha value is -2.35. The number of nitrogens with one attached hydrogen (secondary N) is 3. The summed E-state index contributed by atoms with van der Waals surface area (Å²) < 4.78 is 10.7. The standard InChI is InChI=1S/C11H13N5O2S/c1-17-8-4-3-7(5-9(8)18-2)6-12-14-10-13-11(19)16-15-10/h3-6H,1-2H3,(H3,13,14,15,16,19)/b12-6-. The average Bonchev–Trinajstić information content (AvgIpc) is 2.84. The summed E-state index contributed by atoms with van der Waals surface area (Å²) in [5.74, 6) is 1.76. The zero-order chi connectivity index (χ0) is 13.7. The summed E-state index contributed by atoms with van der Waals surface area (Å²) in [6, 6.07) is 5.48. The molecule has 19 heavy (non-hydrogen) atoms. The van der Waals surface area contributed by atoms with Crippen LogP contribution in [0.4, 0.5) is 5.95 Å². The normalized spacial score (nSPS) is 10.6. The summed E-state index contributed by atoms with van der Waals surface area (Å²) in [7, 11) is 3.17. The Labute approximate surface area is 114 Å². The molecule has 0 radical (unpaired) electrons. The number of ether oxygens (including phenoxy) is 2. The average molecular weight is 279 g/mol. The zero-order valence-electron chi connectivity index (χ0n) is 10.4. The summed E-state index contributed by atoms with van der Waals surface area (Å²) in [6.07, 6.45) is 1.63. The number of benzene rings is 1. The molecule has 0 spiro atoms. The summed E-state index contributed by atoms with van der Waals surface area (Å²) in [6.45, 7) is 0. The molecular formula is C11H13N5O2S. The molecule has 0 saturated carbocycles. The lowest BCUT2D eigenvalue weighted by Crippen LogP contribution is -1.94. The maximum atomic E-state index is 5.20. The lowest BCUT2D eigenvalue weighted by molar-refractivity contribution is 0.355. The largest absolute Gasteiger partial charge is 0.493 e. The Morgan fingerprint density at radius 3 is 2.68 bits per heavy atom. The molecular weight excluding hydrogens is 266 g/mol. The van der Waals surface area contributed by atoms with Gasteiger partial charge in [-0.1, -0.05) is 0 Å². The van der Waals surface area contributed by atoms with E-state index in [9.17, 15) is 0 Å². The van der Waals surface area contributed by atoms with Gasteiger partial charge in [-0.25, -0.2) is 5.43 Å². The van der Waals surface area contributed by atoms with E-state index in [1.54, 1.807) is 20.4 Å². The van der Waals surface area contributed by atoms with Crippen LogP contribution in [0.3, 0.4) is 0 Å². The van der Waals surface area contributed by atoms with Gasteiger partial charge in [-0.2, -0.15) is 10.1 Å². The summed E-state index contributed by atoms with van der Waals surface area (Å²) in [5, 5.41) is 9.40. The summed E-state index contributed by atoms with van der Waals surface area (Å²) >= 11 is 4.82. The number of methoxy groups -OCH3 is 2. The third kappa shape index (κ3) is 3.32. The van der Waals surface area contributed by atoms with Gasteiger partial charge in [0.15, 0.2) is 11.5 Å². The van der Waals surface area contributed by atoms with Crippen LogP contribution in [0.2, 0.25) is 0 Å². The van der Waals surface area contributed by atoms with Crippen LogP contribution in [0.15, 0.2) is 23.3 Å². The van der Waals surface area contributed by atoms with E-state index in [0.717, 1.165) is 5.56 Å². The number of hydrogen-bond acceptors (Lipinski definition) is 6. The van der Waals surface area contributed by atoms with Gasteiger partial charge in [-0.3, -0.25) is 10.2 Å². The number of anilines is 1. The van der Waals surface area contributed by atoms with Crippen molar-refractivity contribution in [3.05, 3.63) is 28.5 Å². The first kappa shape index (κ1) is 13.1. The minimum Gasteiger partial charge on any atom is -0.493 e. The second kappa shape index (κ2) is 6.01. The molecule has 1 aromatic heterocycles. The Bertz CT molecular complexity index is 634. The van der Waals surface area contributed by atoms with Crippen molar-refractivity contribution in [3.63, 3.8) is 0 Å². The van der Waals surface area contributed by atoms with E-state index in [1.807, 2.05) is 18.2 Å². The van der Waals surface area contributed by atoms with Crippen LogP contribution in [0.25, 0.3) is 0 Å². The molecule has 1 aromatic carbocycles. The number of rotatable bonds is 5. The monoisotopic (exact) mass is 279 g/mol. The van der Waals surface area contributed by atoms with Gasteiger partial charge in [0.25, 0.3) is 0 Å². The molecule has 1 heterocycles. The maximum Gasteiger partial charge on any atom is 0.238 e. The van der Waals surface area contributed by atoms with Gasteiger partial charge in [-0.05, 0) is 36.0 Å². The number of hydrazone groups is 1. The topological polar surface area (TPSA) is 87.3 Å². The maximum absolute atomic E-state index is 5.20. The van der Waals surface area contributed by atoms with Gasteiger partial charge >= 0.3 is 0 Å². The van der Waals surface area contributed by atoms with Gasteiger partial charge in [0, 0.05) is 0 Å². The molecule has 0 saturated heterocycles. The van der Waals surface area contributed by atoms with E-state index in [0.29, 0.717) is 22.2 Å². The third-order valence-electron chi connectivity index (χ3n) is 2.29. The van der Waals surface area contributed by atoms with Crippen LogP contribution in [0, 0.1) is 4.77 Å². The van der Waals surface area contributed by atoms with Crippen molar-refractivity contribution in [3.8, 4) is 11.5 Å². The van der Waals surface area contributed by atoms with Crippen molar-refractivity contribution in [2.45, 2.75) is 0 Å². The Kier molecular flexibility index (Phi) is 4.14. The summed E-state index contributed by atoms with van der Waals surface area (Å²) in [4.78, 5) is 3.94. The van der Waals surface area contributed by atoms with Gasteiger partial charge in [0.2, 0.25) is 10.7 Å². The molecule has 0 aliphatic rings. The SMILES string of the molecule is COc1ccc(/C=N\Nc2nc(=S)[nH][nH]2)cc1OC. The number of aromatic nitrogens is 3. The fourth-order valence-corrected chi connectivity index (χ4v) is 1.57. The Morgan fingerprint density at radius 2 is 2.05 bits per heavy atom. The van der Waals surface area contributed by atoms with Gasteiger partial charge in [0.05, 0.1) is 20.4 Å². The number of H-pyrrole nitrogens is 2. The van der Waals surface area contributed by atoms with E-state index in [1.165, 1.54) is 0 Å². The van der Waals surface area contributed by atoms with Crippen molar-refractivity contribution in [1.82, 2.24) is 15.2 Å². The summed E-state index contributed by atoms with van der Waals surface area (Å²) in [5.41, 5.74) is 3.57. The van der Waals surface area contributed by atoms with E-state index in [-0.39, 0.29) is 0 Å². The number of hydrogen-bond donors (Lipinski definition) is 3. The van der Waals surface area contributed by atoms with Crippen molar-refractivity contribution < 1.29 is 9.47 Å². The van der Waals surface area contributed by atoms with E-state index >= 15 is 0 Å². The lowest BCUT2D eigenvalue weighted by atomic mass is 10.2. The molecule has 0 amide bonds. The van der Waals surface area contributed by atoms with Crippen molar-refractivity contribution >= 4 is 24.4 Å². The van der Waals surface area contributed by atoms with Crippen molar-refractivity contribution in [2.24, 2.45) is 5.10 Å². The van der Waals surface area contributed by atoms with Crippen LogP contribution in [-0.2, 0) is 0 Å². The van der Waals surface area contributed by atoms with Crippen LogP contribution in [0.1, 0.15) is 5.56 Å². The van der Waals surface area contributed by atoms with Crippen LogP contribution in [0.5, 0.6) is 11.5 Å². The van der Waals surface area contributed by atoms with Gasteiger partial charge < -0.3 is 9.47 Å². The molecule has 2 rings (SSSR count). The van der Waals surface area contributed by atoms with Crippen LogP contribution < -0.4 is 14.9 Å². The first-order valence-corrected chi connectivity index (χ1v) is 5.79. The second-order valence-electron chi connectivity index (χ2n) is 3.50. The molecule has 100 valence electrons. The van der Waals surface area contributed by atoms with Crippen molar-refractivity contribution in [2.75, 3.05) is 19.6 Å². The van der Waals surface area contributed by atoms with Crippen molar-refractivity contribution in [1.29, 1.82) is 0 Å². The molecule has 0 atom stereocenters. The number of nitrogens with zero attached hydrogens (tertiary/aromatic N) is 2.